The number of phenols is 2. The molecule has 2 aromatic rings. The van der Waals surface area contributed by atoms with Crippen LogP contribution in [0.2, 0.25) is 0 Å². The average Bonchev–Trinajstić information content (AvgIpc) is 2.49. The van der Waals surface area contributed by atoms with Crippen LogP contribution >= 0.6 is 0 Å². The van der Waals surface area contributed by atoms with Crippen LogP contribution in [0.15, 0.2) is 24.3 Å². The first-order valence-corrected chi connectivity index (χ1v) is 8.23. The minimum atomic E-state index is 0.0285. The summed E-state index contributed by atoms with van der Waals surface area (Å²) in [5.41, 5.74) is 6.90. The number of phenolic OH excluding ortho intramolecular Hbond substituents is 2. The lowest BCUT2D eigenvalue weighted by Gasteiger charge is -2.28. The van der Waals surface area contributed by atoms with E-state index in [0.717, 1.165) is 24.0 Å². The minimum Gasteiger partial charge on any atom is -0.508 e. The molecule has 2 heteroatoms. The average molecular weight is 312 g/mol. The molecule has 0 radical (unpaired) electrons. The molecule has 0 heterocycles. The molecule has 0 unspecified atom stereocenters. The zero-order valence-corrected chi connectivity index (χ0v) is 15.1. The highest BCUT2D eigenvalue weighted by molar-refractivity contribution is 5.46. The van der Waals surface area contributed by atoms with Gasteiger partial charge in [-0.2, -0.15) is 0 Å². The van der Waals surface area contributed by atoms with Gasteiger partial charge in [-0.25, -0.2) is 0 Å². The lowest BCUT2D eigenvalue weighted by molar-refractivity contribution is 0.459. The molecular weight excluding hydrogens is 284 g/mol. The van der Waals surface area contributed by atoms with Crippen molar-refractivity contribution in [3.63, 3.8) is 0 Å². The molecule has 23 heavy (non-hydrogen) atoms. The Labute approximate surface area is 139 Å². The van der Waals surface area contributed by atoms with Crippen LogP contribution < -0.4 is 0 Å². The van der Waals surface area contributed by atoms with Crippen LogP contribution in [0.25, 0.3) is 0 Å². The third-order valence-corrected chi connectivity index (χ3v) is 5.38. The molecule has 0 bridgehead atoms. The molecule has 2 N–H and O–H groups in total. The Kier molecular flexibility index (Phi) is 4.74. The number of hydrogen-bond donors (Lipinski definition) is 2. The van der Waals surface area contributed by atoms with Gasteiger partial charge < -0.3 is 10.2 Å². The molecule has 0 saturated heterocycles. The van der Waals surface area contributed by atoms with Crippen LogP contribution in [0, 0.1) is 27.7 Å². The monoisotopic (exact) mass is 312 g/mol. The Hall–Kier alpha value is -1.96. The van der Waals surface area contributed by atoms with Gasteiger partial charge in [0.15, 0.2) is 0 Å². The predicted octanol–water partition coefficient (Wildman–Crippen LogP) is 5.24. The smallest absolute Gasteiger partial charge is 0.118 e. The van der Waals surface area contributed by atoms with Crippen molar-refractivity contribution >= 4 is 0 Å². The lowest BCUT2D eigenvalue weighted by atomic mass is 9.76. The van der Waals surface area contributed by atoms with Crippen LogP contribution in [0.5, 0.6) is 11.5 Å². The fourth-order valence-corrected chi connectivity index (χ4v) is 3.25. The van der Waals surface area contributed by atoms with E-state index in [-0.39, 0.29) is 5.41 Å². The maximum atomic E-state index is 9.87. The Balaban J connectivity index is 2.26. The number of benzene rings is 2. The van der Waals surface area contributed by atoms with Crippen molar-refractivity contribution in [1.29, 1.82) is 0 Å². The fourth-order valence-electron chi connectivity index (χ4n) is 3.25. The van der Waals surface area contributed by atoms with E-state index in [0.29, 0.717) is 11.5 Å². The quantitative estimate of drug-likeness (QED) is 0.810. The second kappa shape index (κ2) is 6.27. The van der Waals surface area contributed by atoms with E-state index in [4.69, 9.17) is 0 Å². The normalized spacial score (nSPS) is 11.7. The van der Waals surface area contributed by atoms with Crippen molar-refractivity contribution in [3.8, 4) is 11.5 Å². The van der Waals surface area contributed by atoms with Crippen LogP contribution in [0.1, 0.15) is 53.6 Å². The molecule has 2 rings (SSSR count). The van der Waals surface area contributed by atoms with E-state index >= 15 is 0 Å². The van der Waals surface area contributed by atoms with Crippen molar-refractivity contribution < 1.29 is 10.2 Å². The van der Waals surface area contributed by atoms with Gasteiger partial charge in [0.2, 0.25) is 0 Å². The first-order valence-electron chi connectivity index (χ1n) is 8.23. The van der Waals surface area contributed by atoms with E-state index < -0.39 is 0 Å². The van der Waals surface area contributed by atoms with Gasteiger partial charge in [0.1, 0.15) is 11.5 Å². The van der Waals surface area contributed by atoms with Crippen LogP contribution in [0.4, 0.5) is 0 Å². The third-order valence-electron chi connectivity index (χ3n) is 5.38. The molecule has 0 aliphatic rings. The number of aryl methyl sites for hydroxylation is 1. The summed E-state index contributed by atoms with van der Waals surface area (Å²) >= 11 is 0. The molecule has 0 spiro atoms. The van der Waals surface area contributed by atoms with Crippen molar-refractivity contribution in [2.45, 2.75) is 59.8 Å². The van der Waals surface area contributed by atoms with E-state index in [1.807, 2.05) is 26.0 Å². The van der Waals surface area contributed by atoms with Gasteiger partial charge in [0.05, 0.1) is 0 Å². The molecule has 124 valence electrons. The first kappa shape index (κ1) is 17.4. The van der Waals surface area contributed by atoms with E-state index in [9.17, 15) is 10.2 Å². The summed E-state index contributed by atoms with van der Waals surface area (Å²) in [7, 11) is 0. The van der Waals surface area contributed by atoms with E-state index in [1.54, 1.807) is 12.1 Å². The maximum absolute atomic E-state index is 9.87. The first-order chi connectivity index (χ1) is 10.6. The third kappa shape index (κ3) is 3.36. The molecule has 0 aliphatic heterocycles. The Morgan fingerprint density at radius 3 is 1.87 bits per heavy atom. The SMILES string of the molecule is Cc1c(O)ccc(CCC(C)(C)c2ccc(O)c(C)c2C)c1C. The molecule has 0 aliphatic carbocycles. The minimum absolute atomic E-state index is 0.0285. The number of aromatic hydroxyl groups is 2. The standard InChI is InChI=1S/C21H28O2/c1-13-15(3)19(22)9-7-17(13)11-12-21(5,6)18-8-10-20(23)16(4)14(18)2/h7-10,22-23H,11-12H2,1-6H3. The summed E-state index contributed by atoms with van der Waals surface area (Å²) in [6, 6.07) is 7.67. The summed E-state index contributed by atoms with van der Waals surface area (Å²) in [5.74, 6) is 0.738. The molecular formula is C21H28O2. The van der Waals surface area contributed by atoms with Gasteiger partial charge in [0.25, 0.3) is 0 Å². The summed E-state index contributed by atoms with van der Waals surface area (Å²) < 4.78 is 0. The highest BCUT2D eigenvalue weighted by Gasteiger charge is 2.24. The van der Waals surface area contributed by atoms with Gasteiger partial charge in [-0.3, -0.25) is 0 Å². The zero-order valence-electron chi connectivity index (χ0n) is 15.1. The lowest BCUT2D eigenvalue weighted by Crippen LogP contribution is -2.20. The van der Waals surface area contributed by atoms with Crippen LogP contribution in [-0.4, -0.2) is 10.2 Å². The second-order valence-corrected chi connectivity index (χ2v) is 7.26. The van der Waals surface area contributed by atoms with Crippen molar-refractivity contribution in [2.24, 2.45) is 0 Å². The fraction of sp³-hybridized carbons (Fsp3) is 0.429. The number of hydrogen-bond acceptors (Lipinski definition) is 2. The molecule has 0 saturated carbocycles. The van der Waals surface area contributed by atoms with Crippen molar-refractivity contribution in [1.82, 2.24) is 0 Å². The molecule has 0 atom stereocenters. The van der Waals surface area contributed by atoms with E-state index in [2.05, 4.69) is 27.7 Å². The molecule has 2 aromatic carbocycles. The zero-order chi connectivity index (χ0) is 17.4. The molecule has 0 amide bonds. The van der Waals surface area contributed by atoms with Gasteiger partial charge in [-0.15, -0.1) is 0 Å². The van der Waals surface area contributed by atoms with E-state index in [1.165, 1.54) is 22.3 Å². The molecule has 2 nitrogen and oxygen atoms in total. The largest absolute Gasteiger partial charge is 0.508 e. The highest BCUT2D eigenvalue weighted by atomic mass is 16.3. The predicted molar refractivity (Wildman–Crippen MR) is 96.5 cm³/mol. The Morgan fingerprint density at radius 1 is 0.739 bits per heavy atom. The summed E-state index contributed by atoms with van der Waals surface area (Å²) in [6.45, 7) is 12.6. The summed E-state index contributed by atoms with van der Waals surface area (Å²) in [4.78, 5) is 0. The number of rotatable bonds is 4. The van der Waals surface area contributed by atoms with Gasteiger partial charge in [-0.05, 0) is 91.5 Å². The summed E-state index contributed by atoms with van der Waals surface area (Å²) in [5, 5.41) is 19.7. The van der Waals surface area contributed by atoms with Gasteiger partial charge >= 0.3 is 0 Å². The van der Waals surface area contributed by atoms with Crippen molar-refractivity contribution in [2.75, 3.05) is 0 Å². The van der Waals surface area contributed by atoms with Crippen molar-refractivity contribution in [3.05, 3.63) is 57.6 Å². The Morgan fingerprint density at radius 2 is 1.26 bits per heavy atom. The van der Waals surface area contributed by atoms with Crippen LogP contribution in [-0.2, 0) is 11.8 Å². The van der Waals surface area contributed by atoms with Crippen LogP contribution in [0.3, 0.4) is 0 Å². The topological polar surface area (TPSA) is 40.5 Å². The van der Waals surface area contributed by atoms with Gasteiger partial charge in [-0.1, -0.05) is 26.0 Å². The molecule has 0 aromatic heterocycles. The second-order valence-electron chi connectivity index (χ2n) is 7.26. The summed E-state index contributed by atoms with van der Waals surface area (Å²) in [6.07, 6.45) is 1.99. The highest BCUT2D eigenvalue weighted by Crippen LogP contribution is 2.35. The van der Waals surface area contributed by atoms with Gasteiger partial charge in [0, 0.05) is 0 Å². The maximum Gasteiger partial charge on any atom is 0.118 e. The Bertz CT molecular complexity index is 727. The molecule has 0 fully saturated rings.